The Balaban J connectivity index is 2.20. The van der Waals surface area contributed by atoms with Crippen LogP contribution in [-0.4, -0.2) is 10.9 Å². The van der Waals surface area contributed by atoms with Crippen molar-refractivity contribution >= 4 is 34.9 Å². The lowest BCUT2D eigenvalue weighted by atomic mass is 10.2. The number of nitrogens with one attached hydrogen (secondary N) is 1. The van der Waals surface area contributed by atoms with E-state index >= 15 is 0 Å². The number of halogens is 2. The smallest absolute Gasteiger partial charge is 0.258 e. The molecular weight excluding hydrogens is 259 g/mol. The van der Waals surface area contributed by atoms with Crippen molar-refractivity contribution in [1.82, 2.24) is 4.98 Å². The van der Waals surface area contributed by atoms with E-state index in [2.05, 4.69) is 10.3 Å². The van der Waals surface area contributed by atoms with Crippen molar-refractivity contribution in [3.63, 3.8) is 0 Å². The lowest BCUT2D eigenvalue weighted by molar-refractivity contribution is 0.102. The summed E-state index contributed by atoms with van der Waals surface area (Å²) in [6, 6.07) is 10.00. The number of carbonyl (C=O) groups is 1. The molecule has 0 fully saturated rings. The first kappa shape index (κ1) is 11.9. The SMILES string of the molecule is O=C(Nc1cc(Cl)ccn1)c1ccccc1Cl. The molecule has 1 aromatic heterocycles. The number of pyridine rings is 1. The van der Waals surface area contributed by atoms with E-state index < -0.39 is 0 Å². The molecule has 0 unspecified atom stereocenters. The van der Waals surface area contributed by atoms with Gasteiger partial charge in [-0.05, 0) is 24.3 Å². The molecule has 0 aliphatic rings. The predicted octanol–water partition coefficient (Wildman–Crippen LogP) is 3.64. The number of anilines is 1. The molecule has 0 bridgehead atoms. The number of amides is 1. The van der Waals surface area contributed by atoms with Crippen LogP contribution in [0.3, 0.4) is 0 Å². The van der Waals surface area contributed by atoms with E-state index in [4.69, 9.17) is 23.2 Å². The number of benzene rings is 1. The van der Waals surface area contributed by atoms with E-state index in [0.717, 1.165) is 0 Å². The highest BCUT2D eigenvalue weighted by Gasteiger charge is 2.10. The first-order chi connectivity index (χ1) is 8.16. The fourth-order valence-electron chi connectivity index (χ4n) is 1.30. The van der Waals surface area contributed by atoms with Crippen molar-refractivity contribution in [2.75, 3.05) is 5.32 Å². The summed E-state index contributed by atoms with van der Waals surface area (Å²) in [6.07, 6.45) is 1.52. The number of aromatic nitrogens is 1. The van der Waals surface area contributed by atoms with Crippen LogP contribution in [0.15, 0.2) is 42.6 Å². The molecule has 0 atom stereocenters. The molecule has 0 radical (unpaired) electrons. The van der Waals surface area contributed by atoms with Gasteiger partial charge in [0.15, 0.2) is 0 Å². The van der Waals surface area contributed by atoms with Gasteiger partial charge >= 0.3 is 0 Å². The summed E-state index contributed by atoms with van der Waals surface area (Å²) in [5.74, 6) is 0.0767. The van der Waals surface area contributed by atoms with Crippen LogP contribution in [0.1, 0.15) is 10.4 Å². The molecular formula is C12H8Cl2N2O. The molecule has 0 saturated heterocycles. The van der Waals surface area contributed by atoms with Crippen molar-refractivity contribution in [1.29, 1.82) is 0 Å². The Bertz CT molecular complexity index is 558. The van der Waals surface area contributed by atoms with Crippen molar-refractivity contribution in [2.24, 2.45) is 0 Å². The molecule has 17 heavy (non-hydrogen) atoms. The summed E-state index contributed by atoms with van der Waals surface area (Å²) in [4.78, 5) is 15.8. The lowest BCUT2D eigenvalue weighted by Crippen LogP contribution is -2.13. The zero-order valence-corrected chi connectivity index (χ0v) is 10.2. The Morgan fingerprint density at radius 2 is 1.94 bits per heavy atom. The summed E-state index contributed by atoms with van der Waals surface area (Å²) in [6.45, 7) is 0. The fourth-order valence-corrected chi connectivity index (χ4v) is 1.68. The Morgan fingerprint density at radius 3 is 2.65 bits per heavy atom. The van der Waals surface area contributed by atoms with Crippen molar-refractivity contribution in [2.45, 2.75) is 0 Å². The number of rotatable bonds is 2. The van der Waals surface area contributed by atoms with Crippen LogP contribution in [0.4, 0.5) is 5.82 Å². The van der Waals surface area contributed by atoms with Gasteiger partial charge in [0.2, 0.25) is 0 Å². The monoisotopic (exact) mass is 266 g/mol. The standard InChI is InChI=1S/C12H8Cl2N2O/c13-8-5-6-15-11(7-8)16-12(17)9-3-1-2-4-10(9)14/h1-7H,(H,15,16,17). The van der Waals surface area contributed by atoms with Gasteiger partial charge in [-0.2, -0.15) is 0 Å². The quantitative estimate of drug-likeness (QED) is 0.902. The van der Waals surface area contributed by atoms with Crippen molar-refractivity contribution in [3.05, 3.63) is 58.2 Å². The molecule has 2 aromatic rings. The third kappa shape index (κ3) is 2.96. The third-order valence-corrected chi connectivity index (χ3v) is 2.65. The van der Waals surface area contributed by atoms with Gasteiger partial charge in [0.05, 0.1) is 10.6 Å². The van der Waals surface area contributed by atoms with Crippen LogP contribution in [0.25, 0.3) is 0 Å². The van der Waals surface area contributed by atoms with Crippen LogP contribution < -0.4 is 5.32 Å². The molecule has 86 valence electrons. The fraction of sp³-hybridized carbons (Fsp3) is 0. The van der Waals surface area contributed by atoms with E-state index in [0.29, 0.717) is 21.4 Å². The number of nitrogens with zero attached hydrogens (tertiary/aromatic N) is 1. The molecule has 1 amide bonds. The molecule has 0 aliphatic carbocycles. The zero-order valence-electron chi connectivity index (χ0n) is 8.65. The molecule has 3 nitrogen and oxygen atoms in total. The maximum atomic E-state index is 11.9. The van der Waals surface area contributed by atoms with Gasteiger partial charge in [0, 0.05) is 11.2 Å². The van der Waals surface area contributed by atoms with E-state index in [9.17, 15) is 4.79 Å². The van der Waals surface area contributed by atoms with Gasteiger partial charge in [0.1, 0.15) is 5.82 Å². The minimum absolute atomic E-state index is 0.314. The second-order valence-corrected chi connectivity index (χ2v) is 4.14. The Morgan fingerprint density at radius 1 is 1.18 bits per heavy atom. The minimum Gasteiger partial charge on any atom is -0.306 e. The average molecular weight is 267 g/mol. The Labute approximate surface area is 108 Å². The molecule has 0 aliphatic heterocycles. The average Bonchev–Trinajstić information content (AvgIpc) is 2.29. The molecule has 5 heteroatoms. The number of hydrogen-bond acceptors (Lipinski definition) is 2. The van der Waals surface area contributed by atoms with Gasteiger partial charge in [-0.3, -0.25) is 4.79 Å². The molecule has 1 N–H and O–H groups in total. The molecule has 1 aromatic carbocycles. The van der Waals surface area contributed by atoms with E-state index in [1.807, 2.05) is 0 Å². The summed E-state index contributed by atoms with van der Waals surface area (Å²) < 4.78 is 0. The third-order valence-electron chi connectivity index (χ3n) is 2.08. The first-order valence-corrected chi connectivity index (χ1v) is 5.60. The lowest BCUT2D eigenvalue weighted by Gasteiger charge is -2.05. The summed E-state index contributed by atoms with van der Waals surface area (Å²) in [5, 5.41) is 3.53. The maximum Gasteiger partial charge on any atom is 0.258 e. The highest BCUT2D eigenvalue weighted by Crippen LogP contribution is 2.17. The van der Waals surface area contributed by atoms with Crippen molar-refractivity contribution in [3.8, 4) is 0 Å². The predicted molar refractivity (Wildman–Crippen MR) is 68.7 cm³/mol. The number of hydrogen-bond donors (Lipinski definition) is 1. The first-order valence-electron chi connectivity index (χ1n) is 4.84. The van der Waals surface area contributed by atoms with Crippen LogP contribution >= 0.6 is 23.2 Å². The summed E-state index contributed by atoms with van der Waals surface area (Å²) >= 11 is 11.7. The Hall–Kier alpha value is -1.58. The molecule has 0 saturated carbocycles. The van der Waals surface area contributed by atoms with Crippen molar-refractivity contribution < 1.29 is 4.79 Å². The molecule has 2 rings (SSSR count). The van der Waals surface area contributed by atoms with Gasteiger partial charge in [-0.1, -0.05) is 35.3 Å². The van der Waals surface area contributed by atoms with E-state index in [1.165, 1.54) is 6.20 Å². The van der Waals surface area contributed by atoms with Gasteiger partial charge < -0.3 is 5.32 Å². The minimum atomic E-state index is -0.314. The van der Waals surface area contributed by atoms with Crippen LogP contribution in [-0.2, 0) is 0 Å². The van der Waals surface area contributed by atoms with Gasteiger partial charge in [-0.15, -0.1) is 0 Å². The molecule has 0 spiro atoms. The Kier molecular flexibility index (Phi) is 3.61. The highest BCUT2D eigenvalue weighted by molar-refractivity contribution is 6.34. The normalized spacial score (nSPS) is 10.0. The van der Waals surface area contributed by atoms with Gasteiger partial charge in [0.25, 0.3) is 5.91 Å². The summed E-state index contributed by atoms with van der Waals surface area (Å²) in [5.41, 5.74) is 0.399. The zero-order chi connectivity index (χ0) is 12.3. The van der Waals surface area contributed by atoms with Crippen LogP contribution in [0.2, 0.25) is 10.0 Å². The van der Waals surface area contributed by atoms with Crippen LogP contribution in [0, 0.1) is 0 Å². The van der Waals surface area contributed by atoms with E-state index in [-0.39, 0.29) is 5.91 Å². The second kappa shape index (κ2) is 5.17. The van der Waals surface area contributed by atoms with E-state index in [1.54, 1.807) is 36.4 Å². The summed E-state index contributed by atoms with van der Waals surface area (Å²) in [7, 11) is 0. The topological polar surface area (TPSA) is 42.0 Å². The van der Waals surface area contributed by atoms with Gasteiger partial charge in [-0.25, -0.2) is 4.98 Å². The highest BCUT2D eigenvalue weighted by atomic mass is 35.5. The largest absolute Gasteiger partial charge is 0.306 e. The molecule has 1 heterocycles. The second-order valence-electron chi connectivity index (χ2n) is 3.29. The maximum absolute atomic E-state index is 11.9. The number of carbonyl (C=O) groups excluding carboxylic acids is 1. The van der Waals surface area contributed by atoms with Crippen LogP contribution in [0.5, 0.6) is 0 Å².